The summed E-state index contributed by atoms with van der Waals surface area (Å²) in [5.74, 6) is -1.44. The van der Waals surface area contributed by atoms with Crippen LogP contribution >= 0.6 is 23.2 Å². The largest absolute Gasteiger partial charge is 0.477 e. The third kappa shape index (κ3) is 4.33. The lowest BCUT2D eigenvalue weighted by molar-refractivity contribution is -0.142. The van der Waals surface area contributed by atoms with E-state index in [2.05, 4.69) is 5.10 Å². The number of carboxylic acid groups (broad SMARTS) is 1. The number of carbonyl (C=O) groups is 1. The average molecular weight is 516 g/mol. The van der Waals surface area contributed by atoms with Crippen LogP contribution in [0, 0.1) is 0 Å². The molecule has 2 aromatic heterocycles. The molecule has 0 unspecified atom stereocenters. The quantitative estimate of drug-likeness (QED) is 0.523. The smallest absolute Gasteiger partial charge is 0.435 e. The molecular weight excluding hydrogens is 498 g/mol. The second-order valence-corrected chi connectivity index (χ2v) is 8.45. The molecule has 0 fully saturated rings. The molecule has 0 saturated carbocycles. The van der Waals surface area contributed by atoms with Gasteiger partial charge in [-0.25, -0.2) is 4.79 Å². The summed E-state index contributed by atoms with van der Waals surface area (Å²) in [6, 6.07) is 5.56. The standard InChI is InChI=1S/C22H18Cl2F3N3O4/c1-2-29-12(9-30-16-5-6-34-10-13(16)20(28-30)22(25,26)27)8-17(31)18(21(32)33)19(29)11-3-4-14(23)15(24)7-11/h3-4,7-8H,2,5-6,9-10H2,1H3,(H,32,33). The summed E-state index contributed by atoms with van der Waals surface area (Å²) in [5, 5.41) is 13.9. The third-order valence-electron chi connectivity index (χ3n) is 5.60. The number of fused-ring (bicyclic) bond motifs is 1. The number of nitrogens with zero attached hydrogens (tertiary/aromatic N) is 3. The summed E-state index contributed by atoms with van der Waals surface area (Å²) >= 11 is 12.1. The van der Waals surface area contributed by atoms with Gasteiger partial charge in [0.1, 0.15) is 5.56 Å². The van der Waals surface area contributed by atoms with Gasteiger partial charge in [0.15, 0.2) is 11.1 Å². The fraction of sp³-hybridized carbons (Fsp3) is 0.318. The van der Waals surface area contributed by atoms with Gasteiger partial charge in [-0.1, -0.05) is 29.3 Å². The van der Waals surface area contributed by atoms with E-state index in [0.29, 0.717) is 17.0 Å². The molecule has 0 amide bonds. The van der Waals surface area contributed by atoms with Crippen LogP contribution in [-0.4, -0.2) is 32.0 Å². The Morgan fingerprint density at radius 2 is 1.97 bits per heavy atom. The van der Waals surface area contributed by atoms with Crippen LogP contribution < -0.4 is 5.43 Å². The Labute approximate surface area is 201 Å². The van der Waals surface area contributed by atoms with E-state index < -0.39 is 28.8 Å². The molecule has 4 rings (SSSR count). The molecular formula is C22H18Cl2F3N3O4. The van der Waals surface area contributed by atoms with Gasteiger partial charge in [0, 0.05) is 41.5 Å². The molecule has 0 atom stereocenters. The van der Waals surface area contributed by atoms with E-state index in [4.69, 9.17) is 27.9 Å². The lowest BCUT2D eigenvalue weighted by Gasteiger charge is -2.21. The van der Waals surface area contributed by atoms with Gasteiger partial charge in [0.2, 0.25) is 0 Å². The number of hydrogen-bond donors (Lipinski definition) is 1. The number of benzene rings is 1. The molecule has 7 nitrogen and oxygen atoms in total. The van der Waals surface area contributed by atoms with E-state index in [1.54, 1.807) is 11.5 Å². The number of hydrogen-bond acceptors (Lipinski definition) is 4. The normalized spacial score (nSPS) is 13.7. The second-order valence-electron chi connectivity index (χ2n) is 7.63. The van der Waals surface area contributed by atoms with Gasteiger partial charge >= 0.3 is 12.1 Å². The van der Waals surface area contributed by atoms with Gasteiger partial charge in [0.05, 0.1) is 35.5 Å². The summed E-state index contributed by atoms with van der Waals surface area (Å²) in [5.41, 5.74) is -1.24. The highest BCUT2D eigenvalue weighted by molar-refractivity contribution is 6.42. The molecule has 0 bridgehead atoms. The fourth-order valence-electron chi connectivity index (χ4n) is 4.16. The van der Waals surface area contributed by atoms with E-state index in [1.165, 1.54) is 22.9 Å². The molecule has 1 aromatic carbocycles. The van der Waals surface area contributed by atoms with E-state index in [1.807, 2.05) is 0 Å². The highest BCUT2D eigenvalue weighted by Crippen LogP contribution is 2.35. The minimum Gasteiger partial charge on any atom is -0.477 e. The highest BCUT2D eigenvalue weighted by atomic mass is 35.5. The molecule has 3 aromatic rings. The summed E-state index contributed by atoms with van der Waals surface area (Å²) in [6.07, 6.45) is -4.44. The fourth-order valence-corrected chi connectivity index (χ4v) is 4.46. The van der Waals surface area contributed by atoms with E-state index in [-0.39, 0.29) is 54.0 Å². The first kappa shape index (κ1) is 24.3. The number of ether oxygens (including phenoxy) is 1. The predicted molar refractivity (Wildman–Crippen MR) is 118 cm³/mol. The molecule has 0 spiro atoms. The molecule has 0 aliphatic carbocycles. The molecule has 0 saturated heterocycles. The van der Waals surface area contributed by atoms with E-state index in [9.17, 15) is 27.9 Å². The number of aromatic nitrogens is 3. The zero-order valence-electron chi connectivity index (χ0n) is 17.7. The molecule has 0 radical (unpaired) electrons. The van der Waals surface area contributed by atoms with Gasteiger partial charge < -0.3 is 14.4 Å². The number of alkyl halides is 3. The molecule has 34 heavy (non-hydrogen) atoms. The molecule has 180 valence electrons. The van der Waals surface area contributed by atoms with Crippen LogP contribution in [-0.2, 0) is 37.0 Å². The van der Waals surface area contributed by atoms with Crippen LogP contribution in [0.3, 0.4) is 0 Å². The van der Waals surface area contributed by atoms with Crippen molar-refractivity contribution in [1.29, 1.82) is 0 Å². The van der Waals surface area contributed by atoms with Crippen molar-refractivity contribution >= 4 is 29.2 Å². The molecule has 1 N–H and O–H groups in total. The van der Waals surface area contributed by atoms with Gasteiger partial charge in [-0.2, -0.15) is 18.3 Å². The van der Waals surface area contributed by atoms with Crippen LogP contribution in [0.4, 0.5) is 13.2 Å². The maximum atomic E-state index is 13.6. The van der Waals surface area contributed by atoms with Gasteiger partial charge in [-0.15, -0.1) is 0 Å². The van der Waals surface area contributed by atoms with Crippen molar-refractivity contribution < 1.29 is 27.8 Å². The lowest BCUT2D eigenvalue weighted by Crippen LogP contribution is -2.25. The Morgan fingerprint density at radius 3 is 2.59 bits per heavy atom. The Balaban J connectivity index is 1.93. The Morgan fingerprint density at radius 1 is 1.24 bits per heavy atom. The summed E-state index contributed by atoms with van der Waals surface area (Å²) in [6.45, 7) is 1.81. The Hall–Kier alpha value is -2.82. The van der Waals surface area contributed by atoms with Gasteiger partial charge in [-0.05, 0) is 19.1 Å². The van der Waals surface area contributed by atoms with Crippen LogP contribution in [0.15, 0.2) is 29.1 Å². The van der Waals surface area contributed by atoms with Crippen molar-refractivity contribution in [3.8, 4) is 11.3 Å². The van der Waals surface area contributed by atoms with Crippen LogP contribution in [0.25, 0.3) is 11.3 Å². The number of rotatable bonds is 5. The van der Waals surface area contributed by atoms with Crippen LogP contribution in [0.1, 0.15) is 39.9 Å². The number of pyridine rings is 1. The number of halogens is 5. The van der Waals surface area contributed by atoms with Crippen molar-refractivity contribution in [2.24, 2.45) is 0 Å². The van der Waals surface area contributed by atoms with Gasteiger partial charge in [-0.3, -0.25) is 9.48 Å². The monoisotopic (exact) mass is 515 g/mol. The van der Waals surface area contributed by atoms with Crippen molar-refractivity contribution in [2.75, 3.05) is 6.61 Å². The number of carboxylic acids is 1. The van der Waals surface area contributed by atoms with Crippen LogP contribution in [0.5, 0.6) is 0 Å². The molecule has 1 aliphatic heterocycles. The topological polar surface area (TPSA) is 86.4 Å². The van der Waals surface area contributed by atoms with Crippen LogP contribution in [0.2, 0.25) is 10.0 Å². The summed E-state index contributed by atoms with van der Waals surface area (Å²) < 4.78 is 48.7. The Kier molecular flexibility index (Phi) is 6.50. The Bertz CT molecular complexity index is 1350. The second kappa shape index (κ2) is 9.09. The first-order valence-corrected chi connectivity index (χ1v) is 11.0. The van der Waals surface area contributed by atoms with Crippen molar-refractivity contribution in [3.63, 3.8) is 0 Å². The lowest BCUT2D eigenvalue weighted by atomic mass is 10.0. The first-order chi connectivity index (χ1) is 16.0. The maximum Gasteiger partial charge on any atom is 0.435 e. The first-order valence-electron chi connectivity index (χ1n) is 10.2. The minimum atomic E-state index is -4.67. The summed E-state index contributed by atoms with van der Waals surface area (Å²) in [4.78, 5) is 24.8. The SMILES string of the molecule is CCn1c(Cn2nc(C(F)(F)F)c3c2CCOC3)cc(=O)c(C(=O)O)c1-c1ccc(Cl)c(Cl)c1. The van der Waals surface area contributed by atoms with Gasteiger partial charge in [0.25, 0.3) is 0 Å². The zero-order valence-corrected chi connectivity index (χ0v) is 19.3. The molecule has 3 heterocycles. The molecule has 12 heteroatoms. The van der Waals surface area contributed by atoms with E-state index in [0.717, 1.165) is 6.07 Å². The maximum absolute atomic E-state index is 13.6. The summed E-state index contributed by atoms with van der Waals surface area (Å²) in [7, 11) is 0. The molecule has 1 aliphatic rings. The predicted octanol–water partition coefficient (Wildman–Crippen LogP) is 4.88. The highest BCUT2D eigenvalue weighted by Gasteiger charge is 2.40. The zero-order chi connectivity index (χ0) is 24.8. The van der Waals surface area contributed by atoms with Crippen molar-refractivity contribution in [2.45, 2.75) is 39.2 Å². The van der Waals surface area contributed by atoms with Crippen molar-refractivity contribution in [1.82, 2.24) is 14.3 Å². The minimum absolute atomic E-state index is 0.0315. The van der Waals surface area contributed by atoms with E-state index >= 15 is 0 Å². The average Bonchev–Trinajstić information content (AvgIpc) is 3.14. The van der Waals surface area contributed by atoms with Crippen molar-refractivity contribution in [3.05, 3.63) is 72.7 Å². The third-order valence-corrected chi connectivity index (χ3v) is 6.34. The number of aromatic carboxylic acids is 1.